The molecule has 0 spiro atoms. The van der Waals surface area contributed by atoms with E-state index in [9.17, 15) is 14.0 Å². The molecule has 1 atom stereocenters. The normalized spacial score (nSPS) is 18.3. The quantitative estimate of drug-likeness (QED) is 0.853. The van der Waals surface area contributed by atoms with E-state index in [0.29, 0.717) is 36.7 Å². The van der Waals surface area contributed by atoms with Gasteiger partial charge in [0.05, 0.1) is 0 Å². The van der Waals surface area contributed by atoms with Crippen LogP contribution in [0.15, 0.2) is 42.5 Å². The predicted octanol–water partition coefficient (Wildman–Crippen LogP) is 2.22. The van der Waals surface area contributed by atoms with Gasteiger partial charge in [0.1, 0.15) is 11.7 Å². The Morgan fingerprint density at radius 2 is 2.04 bits per heavy atom. The summed E-state index contributed by atoms with van der Waals surface area (Å²) in [7, 11) is 0. The fraction of sp³-hybridized carbons (Fsp3) is 0.263. The number of ether oxygens (including phenoxy) is 2. The Bertz CT molecular complexity index is 870. The van der Waals surface area contributed by atoms with Crippen LogP contribution in [0.4, 0.5) is 10.1 Å². The zero-order valence-corrected chi connectivity index (χ0v) is 13.9. The summed E-state index contributed by atoms with van der Waals surface area (Å²) in [5.41, 5.74) is 1.33. The number of hydrogen-bond donors (Lipinski definition) is 1. The summed E-state index contributed by atoms with van der Waals surface area (Å²) in [6.45, 7) is 0.876. The van der Waals surface area contributed by atoms with E-state index in [1.165, 1.54) is 17.0 Å². The van der Waals surface area contributed by atoms with Crippen molar-refractivity contribution in [3.05, 3.63) is 53.8 Å². The number of nitrogens with zero attached hydrogens (tertiary/aromatic N) is 1. The van der Waals surface area contributed by atoms with Crippen molar-refractivity contribution >= 4 is 17.5 Å². The second kappa shape index (κ2) is 6.67. The molecule has 0 radical (unpaired) electrons. The van der Waals surface area contributed by atoms with Crippen molar-refractivity contribution in [2.75, 3.05) is 18.2 Å². The summed E-state index contributed by atoms with van der Waals surface area (Å²) in [4.78, 5) is 26.4. The van der Waals surface area contributed by atoms with Crippen LogP contribution in [0, 0.1) is 11.7 Å². The van der Waals surface area contributed by atoms with Gasteiger partial charge in [0.2, 0.25) is 18.6 Å². The van der Waals surface area contributed by atoms with Crippen molar-refractivity contribution < 1.29 is 23.5 Å². The lowest BCUT2D eigenvalue weighted by atomic mass is 10.1. The van der Waals surface area contributed by atoms with Crippen LogP contribution in [-0.4, -0.2) is 25.2 Å². The van der Waals surface area contributed by atoms with Gasteiger partial charge in [-0.2, -0.15) is 0 Å². The van der Waals surface area contributed by atoms with Gasteiger partial charge in [0.15, 0.2) is 11.5 Å². The molecule has 6 nitrogen and oxygen atoms in total. The number of amides is 2. The fourth-order valence-corrected chi connectivity index (χ4v) is 3.19. The first-order valence-electron chi connectivity index (χ1n) is 8.35. The standard InChI is InChI=1S/C19H17FN2O4/c20-13-2-1-3-14(9-13)22-7-6-15(19(22)24)18(23)21-10-12-4-5-16-17(8-12)26-11-25-16/h1-5,8-9,15H,6-7,10-11H2,(H,21,23). The van der Waals surface area contributed by atoms with Gasteiger partial charge in [0.25, 0.3) is 0 Å². The van der Waals surface area contributed by atoms with E-state index in [4.69, 9.17) is 9.47 Å². The third-order valence-corrected chi connectivity index (χ3v) is 4.55. The van der Waals surface area contributed by atoms with E-state index in [2.05, 4.69) is 5.32 Å². The topological polar surface area (TPSA) is 67.9 Å². The largest absolute Gasteiger partial charge is 0.454 e. The summed E-state index contributed by atoms with van der Waals surface area (Å²) in [6, 6.07) is 11.3. The minimum Gasteiger partial charge on any atom is -0.454 e. The maximum Gasteiger partial charge on any atom is 0.239 e. The highest BCUT2D eigenvalue weighted by molar-refractivity contribution is 6.09. The van der Waals surface area contributed by atoms with Crippen molar-refractivity contribution in [2.24, 2.45) is 5.92 Å². The minimum atomic E-state index is -0.757. The van der Waals surface area contributed by atoms with Gasteiger partial charge >= 0.3 is 0 Å². The molecule has 2 aliphatic rings. The minimum absolute atomic E-state index is 0.192. The summed E-state index contributed by atoms with van der Waals surface area (Å²) in [5, 5.41) is 2.79. The van der Waals surface area contributed by atoms with Gasteiger partial charge < -0.3 is 19.7 Å². The molecule has 1 fully saturated rings. The number of rotatable bonds is 4. The second-order valence-electron chi connectivity index (χ2n) is 6.22. The summed E-state index contributed by atoms with van der Waals surface area (Å²) >= 11 is 0. The molecule has 26 heavy (non-hydrogen) atoms. The van der Waals surface area contributed by atoms with E-state index in [-0.39, 0.29) is 18.6 Å². The number of benzene rings is 2. The number of carbonyl (C=O) groups excluding carboxylic acids is 2. The molecule has 0 bridgehead atoms. The van der Waals surface area contributed by atoms with Crippen molar-refractivity contribution in [1.29, 1.82) is 0 Å². The zero-order chi connectivity index (χ0) is 18.1. The van der Waals surface area contributed by atoms with Crippen LogP contribution in [0.25, 0.3) is 0 Å². The van der Waals surface area contributed by atoms with Gasteiger partial charge in [0, 0.05) is 18.8 Å². The lowest BCUT2D eigenvalue weighted by Gasteiger charge is -2.16. The van der Waals surface area contributed by atoms with Crippen LogP contribution in [-0.2, 0) is 16.1 Å². The first kappa shape index (κ1) is 16.4. The molecule has 1 saturated heterocycles. The molecular formula is C19H17FN2O4. The molecule has 2 heterocycles. The monoisotopic (exact) mass is 356 g/mol. The Labute approximate surface area is 149 Å². The summed E-state index contributed by atoms with van der Waals surface area (Å²) in [6.07, 6.45) is 0.405. The second-order valence-corrected chi connectivity index (χ2v) is 6.22. The first-order chi connectivity index (χ1) is 12.6. The van der Waals surface area contributed by atoms with E-state index >= 15 is 0 Å². The third-order valence-electron chi connectivity index (χ3n) is 4.55. The molecule has 2 aromatic rings. The van der Waals surface area contributed by atoms with Gasteiger partial charge in [-0.25, -0.2) is 4.39 Å². The molecule has 2 amide bonds. The summed E-state index contributed by atoms with van der Waals surface area (Å²) in [5.74, 6) is -0.480. The van der Waals surface area contributed by atoms with Crippen LogP contribution in [0.2, 0.25) is 0 Å². The first-order valence-corrected chi connectivity index (χ1v) is 8.35. The smallest absolute Gasteiger partial charge is 0.239 e. The predicted molar refractivity (Wildman–Crippen MR) is 91.3 cm³/mol. The maximum atomic E-state index is 13.4. The molecule has 1 N–H and O–H groups in total. The zero-order valence-electron chi connectivity index (χ0n) is 13.9. The Morgan fingerprint density at radius 1 is 1.19 bits per heavy atom. The Morgan fingerprint density at radius 3 is 2.88 bits per heavy atom. The number of fused-ring (bicyclic) bond motifs is 1. The van der Waals surface area contributed by atoms with E-state index < -0.39 is 11.7 Å². The van der Waals surface area contributed by atoms with Crippen LogP contribution in [0.5, 0.6) is 11.5 Å². The Hall–Kier alpha value is -3.09. The molecule has 134 valence electrons. The van der Waals surface area contributed by atoms with E-state index in [1.54, 1.807) is 24.3 Å². The van der Waals surface area contributed by atoms with Crippen molar-refractivity contribution in [2.45, 2.75) is 13.0 Å². The highest BCUT2D eigenvalue weighted by Gasteiger charge is 2.37. The molecule has 1 unspecified atom stereocenters. The highest BCUT2D eigenvalue weighted by Crippen LogP contribution is 2.32. The number of carbonyl (C=O) groups is 2. The Balaban J connectivity index is 1.39. The highest BCUT2D eigenvalue weighted by atomic mass is 19.1. The molecule has 0 aromatic heterocycles. The number of hydrogen-bond acceptors (Lipinski definition) is 4. The SMILES string of the molecule is O=C(NCc1ccc2c(c1)OCO2)C1CCN(c2cccc(F)c2)C1=O. The maximum absolute atomic E-state index is 13.4. The molecule has 0 saturated carbocycles. The lowest BCUT2D eigenvalue weighted by Crippen LogP contribution is -2.36. The average molecular weight is 356 g/mol. The molecule has 2 aromatic carbocycles. The van der Waals surface area contributed by atoms with Crippen LogP contribution in [0.3, 0.4) is 0 Å². The molecule has 0 aliphatic carbocycles. The van der Waals surface area contributed by atoms with Crippen LogP contribution >= 0.6 is 0 Å². The van der Waals surface area contributed by atoms with E-state index in [0.717, 1.165) is 5.56 Å². The van der Waals surface area contributed by atoms with E-state index in [1.807, 2.05) is 6.07 Å². The summed E-state index contributed by atoms with van der Waals surface area (Å²) < 4.78 is 23.9. The Kier molecular flexibility index (Phi) is 4.20. The number of anilines is 1. The van der Waals surface area contributed by atoms with Gasteiger partial charge in [-0.1, -0.05) is 12.1 Å². The third kappa shape index (κ3) is 3.08. The number of halogens is 1. The lowest BCUT2D eigenvalue weighted by molar-refractivity contribution is -0.132. The van der Waals surface area contributed by atoms with Gasteiger partial charge in [-0.15, -0.1) is 0 Å². The number of nitrogens with one attached hydrogen (secondary N) is 1. The van der Waals surface area contributed by atoms with Gasteiger partial charge in [-0.3, -0.25) is 9.59 Å². The fourth-order valence-electron chi connectivity index (χ4n) is 3.19. The molecule has 4 rings (SSSR count). The molecular weight excluding hydrogens is 339 g/mol. The van der Waals surface area contributed by atoms with Gasteiger partial charge in [-0.05, 0) is 42.3 Å². The van der Waals surface area contributed by atoms with Crippen LogP contribution < -0.4 is 19.7 Å². The van der Waals surface area contributed by atoms with Crippen molar-refractivity contribution in [1.82, 2.24) is 5.32 Å². The molecule has 7 heteroatoms. The molecule has 2 aliphatic heterocycles. The van der Waals surface area contributed by atoms with Crippen molar-refractivity contribution in [3.63, 3.8) is 0 Å². The average Bonchev–Trinajstić information content (AvgIpc) is 3.25. The van der Waals surface area contributed by atoms with Crippen molar-refractivity contribution in [3.8, 4) is 11.5 Å². The van der Waals surface area contributed by atoms with Crippen LogP contribution in [0.1, 0.15) is 12.0 Å².